The largest absolute Gasteiger partial charge is 0.493 e. The summed E-state index contributed by atoms with van der Waals surface area (Å²) in [7, 11) is 1.56. The minimum Gasteiger partial charge on any atom is -0.493 e. The van der Waals surface area contributed by atoms with Crippen LogP contribution in [0.4, 0.5) is 11.6 Å². The number of para-hydroxylation sites is 1. The Morgan fingerprint density at radius 2 is 1.82 bits per heavy atom. The van der Waals surface area contributed by atoms with Crippen LogP contribution in [0.1, 0.15) is 29.7 Å². The van der Waals surface area contributed by atoms with E-state index in [1.54, 1.807) is 36.1 Å². The number of methoxy groups -OCH3 is 1. The molecule has 194 valence electrons. The molecule has 1 aliphatic rings. The van der Waals surface area contributed by atoms with Crippen LogP contribution in [0.15, 0.2) is 78.3 Å². The maximum Gasteiger partial charge on any atom is 0.255 e. The first kappa shape index (κ1) is 25.6. The van der Waals surface area contributed by atoms with Gasteiger partial charge in [-0.15, -0.1) is 0 Å². The summed E-state index contributed by atoms with van der Waals surface area (Å²) in [5.74, 6) is 1.28. The van der Waals surface area contributed by atoms with Crippen molar-refractivity contribution in [2.75, 3.05) is 17.7 Å². The number of ether oxygens (including phenoxy) is 2. The molecule has 1 unspecified atom stereocenters. The standard InChI is InChI=1S/C28H25Cl2N5O3/c1-16-7-4-5-10-22(16)34-27(36)25-17(2)33-28-31-15-32-35(28)26(25)18-11-12-23(24(13-18)37-3)38-14-19-20(29)8-6-9-21(19)30/h4-13,15,26H,14H2,1-3H3,(H,34,36)(H,31,32,33). The Morgan fingerprint density at radius 1 is 1.05 bits per heavy atom. The van der Waals surface area contributed by atoms with E-state index in [0.717, 1.165) is 16.8 Å². The van der Waals surface area contributed by atoms with Crippen molar-refractivity contribution in [3.8, 4) is 11.5 Å². The highest BCUT2D eigenvalue weighted by Crippen LogP contribution is 2.39. The smallest absolute Gasteiger partial charge is 0.255 e. The number of fused-ring (bicyclic) bond motifs is 1. The van der Waals surface area contributed by atoms with Crippen molar-refractivity contribution in [3.63, 3.8) is 0 Å². The van der Waals surface area contributed by atoms with Gasteiger partial charge in [0.05, 0.1) is 12.7 Å². The van der Waals surface area contributed by atoms with E-state index in [1.807, 2.05) is 50.2 Å². The summed E-state index contributed by atoms with van der Waals surface area (Å²) in [6, 6.07) is 17.9. The van der Waals surface area contributed by atoms with Crippen molar-refractivity contribution < 1.29 is 14.3 Å². The van der Waals surface area contributed by atoms with E-state index in [9.17, 15) is 4.79 Å². The normalized spacial score (nSPS) is 14.5. The Labute approximate surface area is 230 Å². The average molecular weight is 550 g/mol. The predicted molar refractivity (Wildman–Crippen MR) is 148 cm³/mol. The summed E-state index contributed by atoms with van der Waals surface area (Å²) in [6.45, 7) is 3.96. The molecule has 1 aliphatic heterocycles. The molecule has 5 rings (SSSR count). The zero-order valence-corrected chi connectivity index (χ0v) is 22.5. The van der Waals surface area contributed by atoms with Gasteiger partial charge in [0.15, 0.2) is 11.5 Å². The lowest BCUT2D eigenvalue weighted by Gasteiger charge is -2.29. The van der Waals surface area contributed by atoms with E-state index in [1.165, 1.54) is 6.33 Å². The summed E-state index contributed by atoms with van der Waals surface area (Å²) in [6.07, 6.45) is 1.45. The van der Waals surface area contributed by atoms with E-state index >= 15 is 0 Å². The second kappa shape index (κ2) is 10.8. The zero-order valence-electron chi connectivity index (χ0n) is 21.0. The zero-order chi connectivity index (χ0) is 26.8. The molecule has 0 saturated carbocycles. The van der Waals surface area contributed by atoms with Gasteiger partial charge in [-0.1, -0.05) is 53.5 Å². The number of hydrogen-bond acceptors (Lipinski definition) is 6. The van der Waals surface area contributed by atoms with Crippen LogP contribution < -0.4 is 20.1 Å². The number of amides is 1. The van der Waals surface area contributed by atoms with Crippen LogP contribution in [-0.2, 0) is 11.4 Å². The fraction of sp³-hybridized carbons (Fsp3) is 0.179. The molecule has 3 aromatic carbocycles. The van der Waals surface area contributed by atoms with Gasteiger partial charge < -0.3 is 20.1 Å². The molecule has 1 amide bonds. The quantitative estimate of drug-likeness (QED) is 0.277. The lowest BCUT2D eigenvalue weighted by Crippen LogP contribution is -2.31. The van der Waals surface area contributed by atoms with E-state index in [4.69, 9.17) is 32.7 Å². The lowest BCUT2D eigenvalue weighted by molar-refractivity contribution is -0.113. The van der Waals surface area contributed by atoms with Crippen LogP contribution in [0.5, 0.6) is 11.5 Å². The number of carbonyl (C=O) groups is 1. The molecule has 38 heavy (non-hydrogen) atoms. The van der Waals surface area contributed by atoms with Crippen LogP contribution in [-0.4, -0.2) is 27.8 Å². The highest BCUT2D eigenvalue weighted by Gasteiger charge is 2.34. The van der Waals surface area contributed by atoms with Crippen LogP contribution in [0, 0.1) is 6.92 Å². The number of hydrogen-bond donors (Lipinski definition) is 2. The van der Waals surface area contributed by atoms with Crippen LogP contribution in [0.2, 0.25) is 10.0 Å². The maximum absolute atomic E-state index is 13.6. The Bertz CT molecular complexity index is 1530. The monoisotopic (exact) mass is 549 g/mol. The van der Waals surface area contributed by atoms with Crippen molar-refractivity contribution in [3.05, 3.63) is 105 Å². The molecule has 2 N–H and O–H groups in total. The predicted octanol–water partition coefficient (Wildman–Crippen LogP) is 6.41. The van der Waals surface area contributed by atoms with Crippen LogP contribution in [0.25, 0.3) is 0 Å². The van der Waals surface area contributed by atoms with Crippen LogP contribution in [0.3, 0.4) is 0 Å². The van der Waals surface area contributed by atoms with Gasteiger partial charge in [0.1, 0.15) is 19.0 Å². The summed E-state index contributed by atoms with van der Waals surface area (Å²) < 4.78 is 13.4. The third kappa shape index (κ3) is 4.92. The van der Waals surface area contributed by atoms with E-state index < -0.39 is 6.04 Å². The number of benzene rings is 3. The molecule has 0 fully saturated rings. The molecule has 8 nitrogen and oxygen atoms in total. The molecule has 0 aliphatic carbocycles. The topological polar surface area (TPSA) is 90.3 Å². The molecule has 1 aromatic heterocycles. The fourth-order valence-electron chi connectivity index (χ4n) is 4.39. The Morgan fingerprint density at radius 3 is 2.55 bits per heavy atom. The first-order valence-corrected chi connectivity index (χ1v) is 12.6. The first-order valence-electron chi connectivity index (χ1n) is 11.8. The molecule has 4 aromatic rings. The van der Waals surface area contributed by atoms with Crippen molar-refractivity contribution in [1.82, 2.24) is 14.8 Å². The second-order valence-corrected chi connectivity index (χ2v) is 9.58. The second-order valence-electron chi connectivity index (χ2n) is 8.76. The van der Waals surface area contributed by atoms with Gasteiger partial charge in [0, 0.05) is 27.0 Å². The number of aromatic nitrogens is 3. The molecule has 0 saturated heterocycles. The summed E-state index contributed by atoms with van der Waals surface area (Å²) in [5.41, 5.74) is 4.33. The number of nitrogens with one attached hydrogen (secondary N) is 2. The van der Waals surface area contributed by atoms with Crippen molar-refractivity contribution in [2.45, 2.75) is 26.5 Å². The number of rotatable bonds is 7. The highest BCUT2D eigenvalue weighted by molar-refractivity contribution is 6.35. The SMILES string of the molecule is COc1cc(C2C(C(=O)Nc3ccccc3C)=C(C)Nc3ncnn32)ccc1OCc1c(Cl)cccc1Cl. The van der Waals surface area contributed by atoms with Crippen molar-refractivity contribution in [2.24, 2.45) is 0 Å². The molecule has 0 radical (unpaired) electrons. The number of halogens is 2. The third-order valence-electron chi connectivity index (χ3n) is 6.37. The number of anilines is 2. The van der Waals surface area contributed by atoms with E-state index in [2.05, 4.69) is 20.7 Å². The summed E-state index contributed by atoms with van der Waals surface area (Å²) >= 11 is 12.6. The summed E-state index contributed by atoms with van der Waals surface area (Å²) in [5, 5.41) is 11.7. The Kier molecular flexibility index (Phi) is 7.26. The molecule has 0 bridgehead atoms. The maximum atomic E-state index is 13.6. The van der Waals surface area contributed by atoms with Gasteiger partial charge in [-0.2, -0.15) is 10.1 Å². The number of nitrogens with zero attached hydrogens (tertiary/aromatic N) is 3. The minimum absolute atomic E-state index is 0.165. The van der Waals surface area contributed by atoms with Crippen LogP contribution >= 0.6 is 23.2 Å². The van der Waals surface area contributed by atoms with Gasteiger partial charge in [0.2, 0.25) is 5.95 Å². The van der Waals surface area contributed by atoms with Gasteiger partial charge in [0.25, 0.3) is 5.91 Å². The van der Waals surface area contributed by atoms with E-state index in [0.29, 0.717) is 44.3 Å². The number of carbonyl (C=O) groups excluding carboxylic acids is 1. The Hall–Kier alpha value is -4.01. The van der Waals surface area contributed by atoms with Gasteiger partial charge in [-0.3, -0.25) is 4.79 Å². The highest BCUT2D eigenvalue weighted by atomic mass is 35.5. The average Bonchev–Trinajstić information content (AvgIpc) is 3.37. The molecule has 1 atom stereocenters. The molecule has 10 heteroatoms. The van der Waals surface area contributed by atoms with Gasteiger partial charge >= 0.3 is 0 Å². The molecular weight excluding hydrogens is 525 g/mol. The van der Waals surface area contributed by atoms with Crippen molar-refractivity contribution in [1.29, 1.82) is 0 Å². The minimum atomic E-state index is -0.557. The lowest BCUT2D eigenvalue weighted by atomic mass is 9.94. The third-order valence-corrected chi connectivity index (χ3v) is 7.08. The summed E-state index contributed by atoms with van der Waals surface area (Å²) in [4.78, 5) is 17.9. The van der Waals surface area contributed by atoms with Gasteiger partial charge in [-0.05, 0) is 55.3 Å². The fourth-order valence-corrected chi connectivity index (χ4v) is 4.90. The van der Waals surface area contributed by atoms with Crippen molar-refractivity contribution >= 4 is 40.7 Å². The first-order chi connectivity index (χ1) is 18.4. The number of aryl methyl sites for hydroxylation is 1. The molecule has 2 heterocycles. The number of allylic oxidation sites excluding steroid dienone is 1. The van der Waals surface area contributed by atoms with E-state index in [-0.39, 0.29) is 12.5 Å². The Balaban J connectivity index is 1.49. The van der Waals surface area contributed by atoms with Gasteiger partial charge in [-0.25, -0.2) is 4.68 Å². The molecular formula is C28H25Cl2N5O3. The molecule has 0 spiro atoms.